The number of aryl methyl sites for hydroxylation is 1. The predicted octanol–water partition coefficient (Wildman–Crippen LogP) is 1.13. The summed E-state index contributed by atoms with van der Waals surface area (Å²) in [6.45, 7) is 0.926. The standard InChI is InChI=1S/C15H19N3O2/c1-18-9-11(8-17-18)14(19)15(10-16)6-7-20-13-5-3-2-4-12(13)15/h2-5,8-9,14,19H,6-7,10,16H2,1H3. The molecule has 0 spiro atoms. The average Bonchev–Trinajstić information content (AvgIpc) is 2.92. The molecule has 0 saturated heterocycles. The summed E-state index contributed by atoms with van der Waals surface area (Å²) in [5, 5.41) is 15.0. The lowest BCUT2D eigenvalue weighted by Crippen LogP contribution is -2.44. The monoisotopic (exact) mass is 273 g/mol. The van der Waals surface area contributed by atoms with Crippen molar-refractivity contribution in [2.45, 2.75) is 17.9 Å². The van der Waals surface area contributed by atoms with Crippen molar-refractivity contribution in [3.05, 3.63) is 47.8 Å². The largest absolute Gasteiger partial charge is 0.493 e. The molecule has 5 nitrogen and oxygen atoms in total. The summed E-state index contributed by atoms with van der Waals surface area (Å²) in [6, 6.07) is 7.80. The minimum Gasteiger partial charge on any atom is -0.493 e. The number of aliphatic hydroxyl groups excluding tert-OH is 1. The molecule has 2 unspecified atom stereocenters. The second-order valence-corrected chi connectivity index (χ2v) is 5.30. The smallest absolute Gasteiger partial charge is 0.123 e. The van der Waals surface area contributed by atoms with Gasteiger partial charge in [0.2, 0.25) is 0 Å². The summed E-state index contributed by atoms with van der Waals surface area (Å²) >= 11 is 0. The number of rotatable bonds is 3. The summed E-state index contributed by atoms with van der Waals surface area (Å²) < 4.78 is 7.37. The first-order chi connectivity index (χ1) is 9.67. The van der Waals surface area contributed by atoms with E-state index in [1.165, 1.54) is 0 Å². The molecule has 1 aliphatic heterocycles. The van der Waals surface area contributed by atoms with Crippen molar-refractivity contribution in [2.75, 3.05) is 13.2 Å². The van der Waals surface area contributed by atoms with E-state index >= 15 is 0 Å². The molecule has 2 heterocycles. The van der Waals surface area contributed by atoms with Crippen molar-refractivity contribution in [1.82, 2.24) is 9.78 Å². The third kappa shape index (κ3) is 1.90. The van der Waals surface area contributed by atoms with E-state index in [9.17, 15) is 5.11 Å². The number of hydrogen-bond donors (Lipinski definition) is 2. The third-order valence-corrected chi connectivity index (χ3v) is 4.16. The van der Waals surface area contributed by atoms with Gasteiger partial charge in [-0.25, -0.2) is 0 Å². The van der Waals surface area contributed by atoms with Crippen molar-refractivity contribution in [3.8, 4) is 5.75 Å². The van der Waals surface area contributed by atoms with Crippen LogP contribution in [0.15, 0.2) is 36.7 Å². The van der Waals surface area contributed by atoms with Crippen LogP contribution in [0.2, 0.25) is 0 Å². The number of fused-ring (bicyclic) bond motifs is 1. The second kappa shape index (κ2) is 4.92. The molecule has 5 heteroatoms. The van der Waals surface area contributed by atoms with E-state index in [1.54, 1.807) is 10.9 Å². The topological polar surface area (TPSA) is 73.3 Å². The molecule has 1 aromatic carbocycles. The van der Waals surface area contributed by atoms with Gasteiger partial charge < -0.3 is 15.6 Å². The number of hydrogen-bond acceptors (Lipinski definition) is 4. The highest BCUT2D eigenvalue weighted by Gasteiger charge is 2.43. The second-order valence-electron chi connectivity index (χ2n) is 5.30. The molecule has 0 fully saturated rings. The van der Waals surface area contributed by atoms with E-state index in [1.807, 2.05) is 37.5 Å². The van der Waals surface area contributed by atoms with E-state index in [0.29, 0.717) is 19.6 Å². The Labute approximate surface area is 118 Å². The Morgan fingerprint density at radius 1 is 1.50 bits per heavy atom. The summed E-state index contributed by atoms with van der Waals surface area (Å²) in [5.41, 5.74) is 7.30. The van der Waals surface area contributed by atoms with Crippen LogP contribution in [0, 0.1) is 0 Å². The molecule has 1 aliphatic rings. The van der Waals surface area contributed by atoms with Crippen LogP contribution in [0.5, 0.6) is 5.75 Å². The maximum Gasteiger partial charge on any atom is 0.123 e. The van der Waals surface area contributed by atoms with E-state index in [2.05, 4.69) is 5.10 Å². The molecule has 0 radical (unpaired) electrons. The maximum absolute atomic E-state index is 10.9. The molecule has 1 aromatic heterocycles. The van der Waals surface area contributed by atoms with E-state index in [-0.39, 0.29) is 0 Å². The molecule has 0 aliphatic carbocycles. The summed E-state index contributed by atoms with van der Waals surface area (Å²) in [4.78, 5) is 0. The number of aliphatic hydroxyl groups is 1. The number of benzene rings is 1. The van der Waals surface area contributed by atoms with Crippen LogP contribution >= 0.6 is 0 Å². The van der Waals surface area contributed by atoms with Crippen LogP contribution < -0.4 is 10.5 Å². The Hall–Kier alpha value is -1.85. The molecule has 20 heavy (non-hydrogen) atoms. The van der Waals surface area contributed by atoms with Crippen LogP contribution in [0.3, 0.4) is 0 Å². The number of para-hydroxylation sites is 1. The van der Waals surface area contributed by atoms with Crippen molar-refractivity contribution < 1.29 is 9.84 Å². The van der Waals surface area contributed by atoms with Crippen LogP contribution in [0.1, 0.15) is 23.7 Å². The lowest BCUT2D eigenvalue weighted by atomic mass is 9.70. The van der Waals surface area contributed by atoms with Crippen molar-refractivity contribution in [3.63, 3.8) is 0 Å². The molecule has 0 amide bonds. The fourth-order valence-corrected chi connectivity index (χ4v) is 2.99. The Bertz CT molecular complexity index is 611. The summed E-state index contributed by atoms with van der Waals surface area (Å²) in [5.74, 6) is 0.812. The van der Waals surface area contributed by atoms with E-state index in [0.717, 1.165) is 16.9 Å². The van der Waals surface area contributed by atoms with Gasteiger partial charge >= 0.3 is 0 Å². The quantitative estimate of drug-likeness (QED) is 0.879. The molecule has 0 bridgehead atoms. The minimum atomic E-state index is -0.689. The van der Waals surface area contributed by atoms with Crippen LogP contribution in [0.4, 0.5) is 0 Å². The fourth-order valence-electron chi connectivity index (χ4n) is 2.99. The third-order valence-electron chi connectivity index (χ3n) is 4.16. The van der Waals surface area contributed by atoms with E-state index in [4.69, 9.17) is 10.5 Å². The van der Waals surface area contributed by atoms with Crippen molar-refractivity contribution >= 4 is 0 Å². The highest BCUT2D eigenvalue weighted by atomic mass is 16.5. The van der Waals surface area contributed by atoms with Crippen molar-refractivity contribution in [2.24, 2.45) is 12.8 Å². The van der Waals surface area contributed by atoms with E-state index < -0.39 is 11.5 Å². The van der Waals surface area contributed by atoms with Gasteiger partial charge in [0.25, 0.3) is 0 Å². The molecule has 2 aromatic rings. The molecular weight excluding hydrogens is 254 g/mol. The van der Waals surface area contributed by atoms with Crippen molar-refractivity contribution in [1.29, 1.82) is 0 Å². The molecule has 106 valence electrons. The molecule has 3 rings (SSSR count). The number of ether oxygens (including phenoxy) is 1. The predicted molar refractivity (Wildman–Crippen MR) is 75.5 cm³/mol. The zero-order valence-electron chi connectivity index (χ0n) is 11.5. The zero-order chi connectivity index (χ0) is 14.2. The zero-order valence-corrected chi connectivity index (χ0v) is 11.5. The minimum absolute atomic E-state index is 0.365. The maximum atomic E-state index is 10.9. The lowest BCUT2D eigenvalue weighted by molar-refractivity contribution is 0.0535. The number of nitrogens with zero attached hydrogens (tertiary/aromatic N) is 2. The average molecular weight is 273 g/mol. The van der Waals surface area contributed by atoms with Gasteiger partial charge in [0.1, 0.15) is 5.75 Å². The van der Waals surface area contributed by atoms with Gasteiger partial charge in [-0.15, -0.1) is 0 Å². The Morgan fingerprint density at radius 2 is 2.30 bits per heavy atom. The molecule has 0 saturated carbocycles. The molecular formula is C15H19N3O2. The Balaban J connectivity index is 2.08. The Morgan fingerprint density at radius 3 is 3.00 bits per heavy atom. The van der Waals surface area contributed by atoms with Gasteiger partial charge in [0.15, 0.2) is 0 Å². The van der Waals surface area contributed by atoms with Gasteiger partial charge in [0.05, 0.1) is 18.9 Å². The van der Waals surface area contributed by atoms with Crippen LogP contribution in [-0.2, 0) is 12.5 Å². The summed E-state index contributed by atoms with van der Waals surface area (Å²) in [7, 11) is 1.84. The Kier molecular flexibility index (Phi) is 3.23. The van der Waals surface area contributed by atoms with Gasteiger partial charge in [0, 0.05) is 36.3 Å². The SMILES string of the molecule is Cn1cc(C(O)C2(CN)CCOc3ccccc32)cn1. The fraction of sp³-hybridized carbons (Fsp3) is 0.400. The normalized spacial score (nSPS) is 22.9. The first-order valence-electron chi connectivity index (χ1n) is 6.76. The van der Waals surface area contributed by atoms with Crippen LogP contribution in [-0.4, -0.2) is 28.0 Å². The lowest BCUT2D eigenvalue weighted by Gasteiger charge is -2.41. The number of aromatic nitrogens is 2. The summed E-state index contributed by atoms with van der Waals surface area (Å²) in [6.07, 6.45) is 3.53. The van der Waals surface area contributed by atoms with Crippen LogP contribution in [0.25, 0.3) is 0 Å². The highest BCUT2D eigenvalue weighted by molar-refractivity contribution is 5.44. The van der Waals surface area contributed by atoms with Gasteiger partial charge in [-0.3, -0.25) is 4.68 Å². The first-order valence-corrected chi connectivity index (χ1v) is 6.76. The molecule has 3 N–H and O–H groups in total. The highest BCUT2D eigenvalue weighted by Crippen LogP contribution is 2.46. The van der Waals surface area contributed by atoms with Gasteiger partial charge in [-0.2, -0.15) is 5.10 Å². The van der Waals surface area contributed by atoms with Gasteiger partial charge in [-0.1, -0.05) is 18.2 Å². The first kappa shape index (κ1) is 13.1. The molecule has 2 atom stereocenters. The number of nitrogens with two attached hydrogens (primary N) is 1. The van der Waals surface area contributed by atoms with Gasteiger partial charge in [-0.05, 0) is 12.5 Å².